The number of hydrogen-bond acceptors (Lipinski definition) is 8. The highest BCUT2D eigenvalue weighted by atomic mass is 16.7. The number of carbonyl (C=O) groups excluding carboxylic acids is 2. The van der Waals surface area contributed by atoms with Crippen molar-refractivity contribution in [1.29, 1.82) is 0 Å². The second kappa shape index (κ2) is 13.3. The van der Waals surface area contributed by atoms with E-state index < -0.39 is 24.6 Å². The summed E-state index contributed by atoms with van der Waals surface area (Å²) in [5.74, 6) is -1.59. The number of pyridine rings is 1. The van der Waals surface area contributed by atoms with E-state index in [0.29, 0.717) is 29.2 Å². The van der Waals surface area contributed by atoms with Gasteiger partial charge in [0, 0.05) is 25.1 Å². The van der Waals surface area contributed by atoms with Crippen molar-refractivity contribution < 1.29 is 24.5 Å². The van der Waals surface area contributed by atoms with Gasteiger partial charge in [-0.25, -0.2) is 0 Å². The molecule has 0 bridgehead atoms. The van der Waals surface area contributed by atoms with E-state index in [0.717, 1.165) is 11.1 Å². The predicted molar refractivity (Wildman–Crippen MR) is 161 cm³/mol. The number of amides is 2. The van der Waals surface area contributed by atoms with Gasteiger partial charge in [-0.3, -0.25) is 19.3 Å². The fourth-order valence-electron chi connectivity index (χ4n) is 5.02. The van der Waals surface area contributed by atoms with Gasteiger partial charge >= 0.3 is 7.12 Å². The van der Waals surface area contributed by atoms with Gasteiger partial charge in [0.2, 0.25) is 5.60 Å². The highest BCUT2D eigenvalue weighted by Crippen LogP contribution is 2.30. The Morgan fingerprint density at radius 1 is 1.10 bits per heavy atom. The largest absolute Gasteiger partial charge is 0.475 e. The van der Waals surface area contributed by atoms with E-state index in [9.17, 15) is 19.6 Å². The van der Waals surface area contributed by atoms with Gasteiger partial charge in [-0.1, -0.05) is 54.9 Å². The van der Waals surface area contributed by atoms with Gasteiger partial charge in [-0.2, -0.15) is 5.10 Å². The van der Waals surface area contributed by atoms with Gasteiger partial charge in [-0.05, 0) is 56.9 Å². The fraction of sp³-hybridized carbons (Fsp3) is 0.433. The third-order valence-corrected chi connectivity index (χ3v) is 7.06. The Morgan fingerprint density at radius 3 is 2.52 bits per heavy atom. The van der Waals surface area contributed by atoms with Crippen LogP contribution in [0.1, 0.15) is 68.2 Å². The Bertz CT molecular complexity index is 1420. The number of nitrogens with zero attached hydrogens (tertiary/aromatic N) is 4. The van der Waals surface area contributed by atoms with Crippen LogP contribution in [0.25, 0.3) is 11.4 Å². The minimum atomic E-state index is -1.73. The molecule has 0 spiro atoms. The Morgan fingerprint density at radius 2 is 1.88 bits per heavy atom. The van der Waals surface area contributed by atoms with Gasteiger partial charge in [0.15, 0.2) is 0 Å². The Kier molecular flexibility index (Phi) is 9.79. The van der Waals surface area contributed by atoms with Gasteiger partial charge in [-0.15, -0.1) is 0 Å². The van der Waals surface area contributed by atoms with Gasteiger partial charge in [0.1, 0.15) is 11.4 Å². The average Bonchev–Trinajstić information content (AvgIpc) is 3.57. The molecule has 2 atom stereocenters. The normalized spacial score (nSPS) is 17.1. The molecular weight excluding hydrogens is 535 g/mol. The van der Waals surface area contributed by atoms with E-state index >= 15 is 0 Å². The maximum absolute atomic E-state index is 13.7. The van der Waals surface area contributed by atoms with E-state index in [-0.39, 0.29) is 37.3 Å². The summed E-state index contributed by atoms with van der Waals surface area (Å²) in [5.41, 5.74) is 2.61. The standard InChI is InChI=1S/C30H39BN6O5/c1-19(2)13-27(31(40)41)34-29(39)30(16-22-10-8-9-21(5)14-22)17-23(36-42-30)18-33-28(38)26-15-25(35-37(26)20(3)4)24-11-6-7-12-32-24/h6-12,14-15,19-20,27,40-41H,13,16-18H2,1-5H3,(H,33,38)(H,34,39). The van der Waals surface area contributed by atoms with Crippen LogP contribution in [0.3, 0.4) is 0 Å². The van der Waals surface area contributed by atoms with Crippen LogP contribution >= 0.6 is 0 Å². The van der Waals surface area contributed by atoms with Crippen molar-refractivity contribution in [2.45, 2.75) is 71.5 Å². The van der Waals surface area contributed by atoms with Crippen LogP contribution in [-0.4, -0.2) is 67.5 Å². The lowest BCUT2D eigenvalue weighted by Gasteiger charge is -2.29. The monoisotopic (exact) mass is 574 g/mol. The Labute approximate surface area is 246 Å². The van der Waals surface area contributed by atoms with Crippen molar-refractivity contribution >= 4 is 24.6 Å². The minimum absolute atomic E-state index is 0.0575. The molecule has 42 heavy (non-hydrogen) atoms. The number of oxime groups is 1. The first-order chi connectivity index (χ1) is 20.0. The molecule has 4 N–H and O–H groups in total. The quantitative estimate of drug-likeness (QED) is 0.243. The lowest BCUT2D eigenvalue weighted by atomic mass is 9.74. The summed E-state index contributed by atoms with van der Waals surface area (Å²) in [7, 11) is -1.73. The predicted octanol–water partition coefficient (Wildman–Crippen LogP) is 2.86. The number of rotatable bonds is 12. The van der Waals surface area contributed by atoms with Crippen LogP contribution in [0.4, 0.5) is 0 Å². The topological polar surface area (TPSA) is 151 Å². The van der Waals surface area contributed by atoms with Crippen molar-refractivity contribution in [1.82, 2.24) is 25.4 Å². The molecule has 11 nitrogen and oxygen atoms in total. The molecule has 12 heteroatoms. The van der Waals surface area contributed by atoms with E-state index in [1.54, 1.807) is 16.9 Å². The average molecular weight is 574 g/mol. The molecule has 2 aromatic heterocycles. The molecule has 0 radical (unpaired) electrons. The van der Waals surface area contributed by atoms with Crippen LogP contribution in [0, 0.1) is 12.8 Å². The van der Waals surface area contributed by atoms with Crippen molar-refractivity contribution in [2.75, 3.05) is 6.54 Å². The molecule has 4 rings (SSSR count). The first-order valence-electron chi connectivity index (χ1n) is 14.2. The maximum Gasteiger partial charge on any atom is 0.475 e. The second-order valence-corrected chi connectivity index (χ2v) is 11.6. The summed E-state index contributed by atoms with van der Waals surface area (Å²) in [6.45, 7) is 9.77. The molecule has 0 saturated heterocycles. The van der Waals surface area contributed by atoms with Gasteiger partial charge < -0.3 is 25.5 Å². The number of aromatic nitrogens is 3. The third kappa shape index (κ3) is 7.43. The third-order valence-electron chi connectivity index (χ3n) is 7.06. The second-order valence-electron chi connectivity index (χ2n) is 11.6. The lowest BCUT2D eigenvalue weighted by molar-refractivity contribution is -0.144. The van der Waals surface area contributed by atoms with Crippen molar-refractivity contribution in [3.63, 3.8) is 0 Å². The van der Waals surface area contributed by atoms with E-state index in [1.807, 2.05) is 77.1 Å². The first-order valence-corrected chi connectivity index (χ1v) is 14.2. The van der Waals surface area contributed by atoms with Crippen LogP contribution in [0.5, 0.6) is 0 Å². The van der Waals surface area contributed by atoms with Crippen LogP contribution in [0.2, 0.25) is 0 Å². The molecule has 1 aromatic carbocycles. The molecule has 2 amide bonds. The molecule has 3 heterocycles. The summed E-state index contributed by atoms with van der Waals surface area (Å²) in [4.78, 5) is 37.2. The molecule has 3 aromatic rings. The summed E-state index contributed by atoms with van der Waals surface area (Å²) in [6.07, 6.45) is 2.38. The fourth-order valence-corrected chi connectivity index (χ4v) is 5.02. The highest BCUT2D eigenvalue weighted by molar-refractivity contribution is 6.43. The van der Waals surface area contributed by atoms with Gasteiger partial charge in [0.05, 0.1) is 23.9 Å². The summed E-state index contributed by atoms with van der Waals surface area (Å²) >= 11 is 0. The number of carbonyl (C=O) groups is 2. The van der Waals surface area contributed by atoms with Crippen molar-refractivity contribution in [3.8, 4) is 11.4 Å². The zero-order chi connectivity index (χ0) is 30.4. The number of aryl methyl sites for hydroxylation is 1. The molecule has 222 valence electrons. The van der Waals surface area contributed by atoms with Crippen molar-refractivity contribution in [3.05, 3.63) is 71.5 Å². The first kappa shape index (κ1) is 30.9. The van der Waals surface area contributed by atoms with Crippen LogP contribution < -0.4 is 10.6 Å². The maximum atomic E-state index is 13.7. The molecule has 1 aliphatic heterocycles. The zero-order valence-corrected chi connectivity index (χ0v) is 24.7. The van der Waals surface area contributed by atoms with Crippen LogP contribution in [0.15, 0.2) is 59.9 Å². The molecule has 1 aliphatic rings. The molecule has 0 saturated carbocycles. The highest BCUT2D eigenvalue weighted by Gasteiger charge is 2.48. The summed E-state index contributed by atoms with van der Waals surface area (Å²) < 4.78 is 1.65. The zero-order valence-electron chi connectivity index (χ0n) is 24.7. The van der Waals surface area contributed by atoms with E-state index in [2.05, 4.69) is 25.9 Å². The minimum Gasteiger partial charge on any atom is -0.426 e. The smallest absolute Gasteiger partial charge is 0.426 e. The molecule has 2 unspecified atom stereocenters. The van der Waals surface area contributed by atoms with Crippen LogP contribution in [-0.2, 0) is 16.1 Å². The van der Waals surface area contributed by atoms with Crippen molar-refractivity contribution in [2.24, 2.45) is 11.1 Å². The van der Waals surface area contributed by atoms with E-state index in [4.69, 9.17) is 4.84 Å². The number of nitrogens with one attached hydrogen (secondary N) is 2. The SMILES string of the molecule is Cc1cccc(CC2(C(=O)NC(CC(C)C)B(O)O)CC(CNC(=O)c3cc(-c4ccccn4)nn3C(C)C)=NO2)c1. The van der Waals surface area contributed by atoms with Gasteiger partial charge in [0.25, 0.3) is 11.8 Å². The molecule has 0 aliphatic carbocycles. The summed E-state index contributed by atoms with van der Waals surface area (Å²) in [5, 5.41) is 34.3. The molecular formula is C30H39BN6O5. The number of hydrogen-bond donors (Lipinski definition) is 4. The van der Waals surface area contributed by atoms with E-state index in [1.165, 1.54) is 0 Å². The Hall–Kier alpha value is -4.03. The number of benzene rings is 1. The lowest BCUT2D eigenvalue weighted by Crippen LogP contribution is -2.56. The molecule has 0 fully saturated rings. The summed E-state index contributed by atoms with van der Waals surface area (Å²) in [6, 6.07) is 14.9. The Balaban J connectivity index is 1.51.